The Labute approximate surface area is 181 Å². The largest absolute Gasteiger partial charge is 0.354 e. The number of hydrogen-bond acceptors (Lipinski definition) is 2. The highest BCUT2D eigenvalue weighted by atomic mass is 35.5. The van der Waals surface area contributed by atoms with Gasteiger partial charge in [-0.15, -0.1) is 0 Å². The zero-order chi connectivity index (χ0) is 21.6. The molecule has 0 spiro atoms. The molecule has 156 valence electrons. The number of rotatable bonds is 8. The van der Waals surface area contributed by atoms with Gasteiger partial charge in [-0.05, 0) is 42.7 Å². The van der Waals surface area contributed by atoms with Crippen LogP contribution < -0.4 is 5.32 Å². The van der Waals surface area contributed by atoms with Crippen molar-refractivity contribution in [3.05, 3.63) is 69.5 Å². The topological polar surface area (TPSA) is 49.4 Å². The summed E-state index contributed by atoms with van der Waals surface area (Å²) in [6, 6.07) is 10.6. The van der Waals surface area contributed by atoms with Gasteiger partial charge in [-0.3, -0.25) is 9.59 Å². The van der Waals surface area contributed by atoms with E-state index in [-0.39, 0.29) is 41.3 Å². The van der Waals surface area contributed by atoms with Gasteiger partial charge in [0.25, 0.3) is 0 Å². The molecule has 2 rings (SSSR count). The normalized spacial score (nSPS) is 12.0. The monoisotopic (exact) mass is 438 g/mol. The van der Waals surface area contributed by atoms with Gasteiger partial charge in [-0.1, -0.05) is 55.2 Å². The van der Waals surface area contributed by atoms with E-state index in [4.69, 9.17) is 23.2 Å². The molecule has 1 unspecified atom stereocenters. The zero-order valence-electron chi connectivity index (χ0n) is 16.7. The van der Waals surface area contributed by atoms with Gasteiger partial charge in [0.2, 0.25) is 11.8 Å². The first-order valence-corrected chi connectivity index (χ1v) is 10.2. The second-order valence-corrected chi connectivity index (χ2v) is 8.18. The Morgan fingerprint density at radius 3 is 2.31 bits per heavy atom. The molecule has 0 saturated carbocycles. The summed E-state index contributed by atoms with van der Waals surface area (Å²) >= 11 is 12.0. The van der Waals surface area contributed by atoms with Crippen LogP contribution in [0.5, 0.6) is 0 Å². The molecule has 0 heterocycles. The Bertz CT molecular complexity index is 836. The van der Waals surface area contributed by atoms with E-state index < -0.39 is 11.9 Å². The first-order chi connectivity index (χ1) is 13.7. The number of nitrogens with zero attached hydrogens (tertiary/aromatic N) is 1. The van der Waals surface area contributed by atoms with Crippen LogP contribution in [0.4, 0.5) is 4.39 Å². The van der Waals surface area contributed by atoms with Crippen molar-refractivity contribution in [1.82, 2.24) is 10.2 Å². The van der Waals surface area contributed by atoms with Crippen molar-refractivity contribution in [2.45, 2.75) is 39.8 Å². The molecule has 7 heteroatoms. The molecule has 2 aromatic rings. The average Bonchev–Trinajstić information content (AvgIpc) is 2.67. The van der Waals surface area contributed by atoms with Crippen molar-refractivity contribution < 1.29 is 14.0 Å². The van der Waals surface area contributed by atoms with Crippen LogP contribution in [0.25, 0.3) is 0 Å². The molecule has 2 aromatic carbocycles. The molecule has 1 N–H and O–H groups in total. The third-order valence-electron chi connectivity index (χ3n) is 4.51. The fourth-order valence-corrected chi connectivity index (χ4v) is 3.13. The summed E-state index contributed by atoms with van der Waals surface area (Å²) < 4.78 is 14.2. The SMILES string of the molecule is CC(C)CNC(=O)C(C)N(Cc1ccc(Cl)cc1)C(=O)Cc1c(F)cccc1Cl. The molecular weight excluding hydrogens is 414 g/mol. The van der Waals surface area contributed by atoms with Crippen LogP contribution >= 0.6 is 23.2 Å². The molecule has 0 fully saturated rings. The maximum absolute atomic E-state index is 14.2. The van der Waals surface area contributed by atoms with Gasteiger partial charge in [0, 0.05) is 28.7 Å². The molecule has 2 amide bonds. The Morgan fingerprint density at radius 2 is 1.72 bits per heavy atom. The minimum atomic E-state index is -0.734. The molecule has 0 bridgehead atoms. The van der Waals surface area contributed by atoms with Gasteiger partial charge in [0.05, 0.1) is 6.42 Å². The number of amides is 2. The summed E-state index contributed by atoms with van der Waals surface area (Å²) in [5.41, 5.74) is 0.931. The summed E-state index contributed by atoms with van der Waals surface area (Å²) in [6.07, 6.45) is -0.235. The zero-order valence-corrected chi connectivity index (χ0v) is 18.2. The summed E-state index contributed by atoms with van der Waals surface area (Å²) in [7, 11) is 0. The third kappa shape index (κ3) is 6.72. The second kappa shape index (κ2) is 10.6. The summed E-state index contributed by atoms with van der Waals surface area (Å²) in [5, 5.41) is 3.60. The van der Waals surface area contributed by atoms with Crippen molar-refractivity contribution in [2.75, 3.05) is 6.54 Å². The van der Waals surface area contributed by atoms with Crippen LogP contribution in [-0.2, 0) is 22.6 Å². The number of nitrogens with one attached hydrogen (secondary N) is 1. The molecule has 0 aliphatic heterocycles. The second-order valence-electron chi connectivity index (χ2n) is 7.34. The van der Waals surface area contributed by atoms with Crippen LogP contribution in [0, 0.1) is 11.7 Å². The minimum Gasteiger partial charge on any atom is -0.354 e. The molecule has 0 saturated heterocycles. The fourth-order valence-electron chi connectivity index (χ4n) is 2.78. The van der Waals surface area contributed by atoms with E-state index in [1.54, 1.807) is 31.2 Å². The lowest BCUT2D eigenvalue weighted by atomic mass is 10.1. The molecule has 0 aromatic heterocycles. The highest BCUT2D eigenvalue weighted by molar-refractivity contribution is 6.31. The molecule has 1 atom stereocenters. The van der Waals surface area contributed by atoms with Gasteiger partial charge in [0.1, 0.15) is 11.9 Å². The number of carbonyl (C=O) groups is 2. The predicted octanol–water partition coefficient (Wildman–Crippen LogP) is 4.86. The van der Waals surface area contributed by atoms with E-state index in [1.165, 1.54) is 23.1 Å². The molecular formula is C22H25Cl2FN2O2. The Hall–Kier alpha value is -2.11. The maximum Gasteiger partial charge on any atom is 0.242 e. The lowest BCUT2D eigenvalue weighted by Gasteiger charge is -2.29. The van der Waals surface area contributed by atoms with E-state index in [2.05, 4.69) is 5.32 Å². The van der Waals surface area contributed by atoms with Gasteiger partial charge in [-0.2, -0.15) is 0 Å². The fraction of sp³-hybridized carbons (Fsp3) is 0.364. The maximum atomic E-state index is 14.2. The molecule has 29 heavy (non-hydrogen) atoms. The third-order valence-corrected chi connectivity index (χ3v) is 5.11. The van der Waals surface area contributed by atoms with Gasteiger partial charge < -0.3 is 10.2 Å². The predicted molar refractivity (Wildman–Crippen MR) is 114 cm³/mol. The van der Waals surface area contributed by atoms with Crippen LogP contribution in [0.3, 0.4) is 0 Å². The smallest absolute Gasteiger partial charge is 0.242 e. The summed E-state index contributed by atoms with van der Waals surface area (Å²) in [4.78, 5) is 27.1. The number of halogens is 3. The standard InChI is InChI=1S/C22H25Cl2FN2O2/c1-14(2)12-26-22(29)15(3)27(13-16-7-9-17(23)10-8-16)21(28)11-18-19(24)5-4-6-20(18)25/h4-10,14-15H,11-13H2,1-3H3,(H,26,29). The van der Waals surface area contributed by atoms with Gasteiger partial charge in [-0.25, -0.2) is 4.39 Å². The highest BCUT2D eigenvalue weighted by Gasteiger charge is 2.27. The highest BCUT2D eigenvalue weighted by Crippen LogP contribution is 2.22. The van der Waals surface area contributed by atoms with Crippen LogP contribution in [0.1, 0.15) is 31.9 Å². The van der Waals surface area contributed by atoms with Crippen molar-refractivity contribution in [2.24, 2.45) is 5.92 Å². The molecule has 0 aliphatic carbocycles. The molecule has 0 aliphatic rings. The van der Waals surface area contributed by atoms with E-state index in [9.17, 15) is 14.0 Å². The van der Waals surface area contributed by atoms with Crippen molar-refractivity contribution >= 4 is 35.0 Å². The Morgan fingerprint density at radius 1 is 1.07 bits per heavy atom. The Balaban J connectivity index is 2.26. The van der Waals surface area contributed by atoms with Gasteiger partial charge in [0.15, 0.2) is 0 Å². The van der Waals surface area contributed by atoms with Gasteiger partial charge >= 0.3 is 0 Å². The van der Waals surface area contributed by atoms with Crippen molar-refractivity contribution in [1.29, 1.82) is 0 Å². The van der Waals surface area contributed by atoms with E-state index >= 15 is 0 Å². The Kier molecular flexibility index (Phi) is 8.47. The first kappa shape index (κ1) is 23.2. The molecule has 0 radical (unpaired) electrons. The van der Waals surface area contributed by atoms with E-state index in [0.717, 1.165) is 5.56 Å². The number of benzene rings is 2. The van der Waals surface area contributed by atoms with Crippen LogP contribution in [0.2, 0.25) is 10.0 Å². The van der Waals surface area contributed by atoms with Crippen LogP contribution in [0.15, 0.2) is 42.5 Å². The summed E-state index contributed by atoms with van der Waals surface area (Å²) in [6.45, 7) is 6.33. The lowest BCUT2D eigenvalue weighted by molar-refractivity contribution is -0.140. The van der Waals surface area contributed by atoms with Crippen molar-refractivity contribution in [3.63, 3.8) is 0 Å². The quantitative estimate of drug-likeness (QED) is 0.639. The number of carbonyl (C=O) groups excluding carboxylic acids is 2. The average molecular weight is 439 g/mol. The minimum absolute atomic E-state index is 0.120. The number of hydrogen-bond donors (Lipinski definition) is 1. The lowest BCUT2D eigenvalue weighted by Crippen LogP contribution is -2.48. The summed E-state index contributed by atoms with van der Waals surface area (Å²) in [5.74, 6) is -0.919. The van der Waals surface area contributed by atoms with E-state index in [1.807, 2.05) is 13.8 Å². The van der Waals surface area contributed by atoms with E-state index in [0.29, 0.717) is 11.6 Å². The van der Waals surface area contributed by atoms with Crippen molar-refractivity contribution in [3.8, 4) is 0 Å². The molecule has 4 nitrogen and oxygen atoms in total. The first-order valence-electron chi connectivity index (χ1n) is 9.43. The van der Waals surface area contributed by atoms with Crippen LogP contribution in [-0.4, -0.2) is 29.3 Å².